The Morgan fingerprint density at radius 2 is 0.789 bits per heavy atom. The predicted octanol–water partition coefficient (Wildman–Crippen LogP) is 8.70. The molecule has 0 aliphatic carbocycles. The lowest BCUT2D eigenvalue weighted by Gasteiger charge is -2.35. The van der Waals surface area contributed by atoms with Gasteiger partial charge in [-0.05, 0) is 111 Å². The van der Waals surface area contributed by atoms with E-state index < -0.39 is 17.6 Å². The fourth-order valence-electron chi connectivity index (χ4n) is 4.32. The highest BCUT2D eigenvalue weighted by molar-refractivity contribution is 9.26. The lowest BCUT2D eigenvalue weighted by atomic mass is 10.2. The van der Waals surface area contributed by atoms with Gasteiger partial charge in [0.25, 0.3) is 0 Å². The second kappa shape index (κ2) is 26.9. The molecule has 0 aromatic carbocycles. The molecule has 0 aromatic rings. The molecule has 0 aliphatic heterocycles. The van der Waals surface area contributed by atoms with Crippen molar-refractivity contribution in [1.82, 2.24) is 0 Å². The van der Waals surface area contributed by atoms with E-state index in [-0.39, 0.29) is 0 Å². The smallest absolute Gasteiger partial charge is 0.374 e. The summed E-state index contributed by atoms with van der Waals surface area (Å²) in [6.07, 6.45) is 6.20. The molecule has 0 N–H and O–H groups in total. The van der Waals surface area contributed by atoms with E-state index in [1.54, 1.807) is 0 Å². The second-order valence-electron chi connectivity index (χ2n) is 8.29. The Morgan fingerprint density at radius 1 is 0.500 bits per heavy atom. The molecular weight excluding hydrogens is 633 g/mol. The van der Waals surface area contributed by atoms with Crippen LogP contribution >= 0.6 is 66.5 Å². The maximum atomic E-state index is 6.22. The Morgan fingerprint density at radius 3 is 1.03 bits per heavy atom. The Kier molecular flexibility index (Phi) is 28.5. The van der Waals surface area contributed by atoms with E-state index >= 15 is 0 Å². The van der Waals surface area contributed by atoms with Gasteiger partial charge in [0.05, 0.1) is 0 Å². The zero-order valence-electron chi connectivity index (χ0n) is 24.4. The van der Waals surface area contributed by atoms with Crippen LogP contribution in [0.15, 0.2) is 0 Å². The number of rotatable bonds is 29. The average Bonchev–Trinajstić information content (AvgIpc) is 2.89. The van der Waals surface area contributed by atoms with Crippen LogP contribution < -0.4 is 0 Å². The fourth-order valence-corrected chi connectivity index (χ4v) is 17.8. The molecule has 0 aromatic heterocycles. The molecule has 0 saturated heterocycles. The summed E-state index contributed by atoms with van der Waals surface area (Å²) in [6, 6.07) is 0. The predicted molar refractivity (Wildman–Crippen MR) is 184 cm³/mol. The average molecular weight is 687 g/mol. The van der Waals surface area contributed by atoms with E-state index in [9.17, 15) is 0 Å². The molecule has 2 unspecified atom stereocenters. The minimum absolute atomic E-state index is 0.307. The van der Waals surface area contributed by atoms with E-state index in [0.29, 0.717) is 50.7 Å². The molecule has 6 nitrogen and oxygen atoms in total. The highest BCUT2D eigenvalue weighted by Crippen LogP contribution is 2.46. The summed E-state index contributed by atoms with van der Waals surface area (Å²) in [4.78, 5) is 0. The van der Waals surface area contributed by atoms with E-state index in [4.69, 9.17) is 26.6 Å². The molecule has 0 spiro atoms. The van der Waals surface area contributed by atoms with Crippen LogP contribution in [0.3, 0.4) is 0 Å². The molecule has 0 aliphatic rings. The molecule has 0 fully saturated rings. The second-order valence-corrected chi connectivity index (χ2v) is 21.2. The van der Waals surface area contributed by atoms with Crippen molar-refractivity contribution in [2.75, 3.05) is 62.7 Å². The highest BCUT2D eigenvalue weighted by Gasteiger charge is 2.49. The van der Waals surface area contributed by atoms with Gasteiger partial charge in [-0.25, -0.2) is 0 Å². The van der Waals surface area contributed by atoms with Crippen LogP contribution in [0.1, 0.15) is 80.1 Å². The molecule has 0 rings (SSSR count). The van der Waals surface area contributed by atoms with E-state index in [2.05, 4.69) is 25.3 Å². The summed E-state index contributed by atoms with van der Waals surface area (Å²) in [5.41, 5.74) is 0.614. The normalized spacial score (nSPS) is 14.2. The topological polar surface area (TPSA) is 55.4 Å². The first-order chi connectivity index (χ1) is 18.5. The summed E-state index contributed by atoms with van der Waals surface area (Å²) in [6.45, 7) is 15.9. The summed E-state index contributed by atoms with van der Waals surface area (Å²) in [7, 11) is 2.11. The van der Waals surface area contributed by atoms with E-state index in [1.807, 2.05) is 82.8 Å². The lowest BCUT2D eigenvalue weighted by Crippen LogP contribution is -2.50. The Bertz CT molecular complexity index is 455. The quantitative estimate of drug-likeness (QED) is 0.0346. The Balaban J connectivity index is 4.82. The minimum atomic E-state index is -2.71. The van der Waals surface area contributed by atoms with Gasteiger partial charge in [-0.3, -0.25) is 0 Å². The summed E-state index contributed by atoms with van der Waals surface area (Å²) in [5.74, 6) is 3.82. The van der Waals surface area contributed by atoms with E-state index in [1.165, 1.54) is 0 Å². The minimum Gasteiger partial charge on any atom is -0.374 e. The maximum Gasteiger partial charge on any atom is 0.504 e. The third kappa shape index (κ3) is 16.2. The zero-order chi connectivity index (χ0) is 28.5. The van der Waals surface area contributed by atoms with Crippen LogP contribution in [0.2, 0.25) is 11.1 Å². The first-order valence-corrected chi connectivity index (χ1v) is 24.1. The van der Waals surface area contributed by atoms with Crippen molar-refractivity contribution in [3.8, 4) is 0 Å². The van der Waals surface area contributed by atoms with Gasteiger partial charge in [-0.15, -0.1) is 0 Å². The molecule has 14 heteroatoms. The van der Waals surface area contributed by atoms with Crippen LogP contribution in [0.5, 0.6) is 0 Å². The highest BCUT2D eigenvalue weighted by atomic mass is 33.7. The lowest BCUT2D eigenvalue weighted by molar-refractivity contribution is 0.0585. The molecule has 2 atom stereocenters. The van der Waals surface area contributed by atoms with Crippen molar-refractivity contribution < 1.29 is 26.6 Å². The van der Waals surface area contributed by atoms with Crippen LogP contribution in [0, 0.1) is 0 Å². The zero-order valence-corrected chi connectivity index (χ0v) is 31.5. The van der Waals surface area contributed by atoms with Gasteiger partial charge >= 0.3 is 17.6 Å². The SMILES string of the molecule is CCO[Si](OCC)(OCC)C(CCCS)CCSSSSCCC(CCCS)[Si](OCC)(OCC)OCC. The van der Waals surface area contributed by atoms with Crippen molar-refractivity contribution in [3.05, 3.63) is 0 Å². The van der Waals surface area contributed by atoms with Crippen molar-refractivity contribution in [3.63, 3.8) is 0 Å². The van der Waals surface area contributed by atoms with Gasteiger partial charge in [-0.1, -0.05) is 21.6 Å². The third-order valence-corrected chi connectivity index (χ3v) is 20.2. The third-order valence-electron chi connectivity index (χ3n) is 5.72. The summed E-state index contributed by atoms with van der Waals surface area (Å²) >= 11 is 8.89. The van der Waals surface area contributed by atoms with Crippen molar-refractivity contribution in [1.29, 1.82) is 0 Å². The van der Waals surface area contributed by atoms with Gasteiger partial charge in [-0.2, -0.15) is 25.3 Å². The molecule has 0 radical (unpaired) electrons. The molecule has 0 amide bonds. The maximum absolute atomic E-state index is 6.22. The first kappa shape index (κ1) is 40.3. The Hall–Kier alpha value is 2.29. The number of thiol groups is 2. The van der Waals surface area contributed by atoms with Crippen LogP contribution in [-0.4, -0.2) is 80.3 Å². The van der Waals surface area contributed by atoms with Crippen LogP contribution in [0.25, 0.3) is 0 Å². The van der Waals surface area contributed by atoms with Crippen LogP contribution in [0.4, 0.5) is 0 Å². The molecule has 0 bridgehead atoms. The molecule has 230 valence electrons. The number of hydrogen-bond acceptors (Lipinski definition) is 12. The monoisotopic (exact) mass is 686 g/mol. The van der Waals surface area contributed by atoms with Gasteiger partial charge in [0.1, 0.15) is 0 Å². The van der Waals surface area contributed by atoms with Gasteiger partial charge in [0, 0.05) is 62.2 Å². The first-order valence-electron chi connectivity index (χ1n) is 14.1. The number of hydrogen-bond donors (Lipinski definition) is 2. The Labute approximate surface area is 262 Å². The van der Waals surface area contributed by atoms with Crippen LogP contribution in [-0.2, 0) is 26.6 Å². The van der Waals surface area contributed by atoms with Crippen molar-refractivity contribution in [2.45, 2.75) is 91.1 Å². The molecule has 0 heterocycles. The van der Waals surface area contributed by atoms with Crippen molar-refractivity contribution >= 4 is 84.1 Å². The summed E-state index contributed by atoms with van der Waals surface area (Å²) in [5, 5.41) is 0. The summed E-state index contributed by atoms with van der Waals surface area (Å²) < 4.78 is 37.3. The van der Waals surface area contributed by atoms with Gasteiger partial charge < -0.3 is 26.6 Å². The largest absolute Gasteiger partial charge is 0.504 e. The molecule has 38 heavy (non-hydrogen) atoms. The fraction of sp³-hybridized carbons (Fsp3) is 1.00. The standard InChI is InChI=1S/C24H54O6S6Si2/c1-7-25-37(26-8-2,27-9-3)23(15-13-19-31)17-21-33-35-36-34-22-18-24(16-14-20-32)38(28-10-4,29-11-5)30-12-6/h23-24,31-32H,7-22H2,1-6H3. The van der Waals surface area contributed by atoms with Gasteiger partial charge in [0.2, 0.25) is 0 Å². The van der Waals surface area contributed by atoms with Gasteiger partial charge in [0.15, 0.2) is 0 Å². The molecular formula is C24H54O6S6Si2. The van der Waals surface area contributed by atoms with E-state index in [0.717, 1.165) is 61.5 Å². The van der Waals surface area contributed by atoms with Crippen molar-refractivity contribution in [2.24, 2.45) is 0 Å². The molecule has 0 saturated carbocycles.